The van der Waals surface area contributed by atoms with Crippen LogP contribution in [0, 0.1) is 0 Å². The van der Waals surface area contributed by atoms with Crippen molar-refractivity contribution in [3.63, 3.8) is 0 Å². The summed E-state index contributed by atoms with van der Waals surface area (Å²) in [5, 5.41) is 4.19. The zero-order valence-electron chi connectivity index (χ0n) is 28.6. The average Bonchev–Trinajstić information content (AvgIpc) is 3.08. The molecule has 3 N–H and O–H groups in total. The van der Waals surface area contributed by atoms with Gasteiger partial charge in [0.25, 0.3) is 0 Å². The van der Waals surface area contributed by atoms with E-state index in [0.717, 1.165) is 0 Å². The molecule has 3 aromatic carbocycles. The Morgan fingerprint density at radius 3 is 1.15 bits per heavy atom. The summed E-state index contributed by atoms with van der Waals surface area (Å²) in [4.78, 5) is 20.4. The summed E-state index contributed by atoms with van der Waals surface area (Å²) < 4.78 is 3.61. The molecule has 0 bridgehead atoms. The number of rotatable bonds is 18. The minimum atomic E-state index is -0.467. The molecule has 0 aliphatic rings. The number of benzene rings is 3. The van der Waals surface area contributed by atoms with Crippen LogP contribution in [0.15, 0.2) is 91.0 Å². The van der Waals surface area contributed by atoms with Gasteiger partial charge in [-0.05, 0) is 49.5 Å². The molecule has 0 fully saturated rings. The van der Waals surface area contributed by atoms with E-state index in [1.807, 2.05) is 0 Å². The lowest BCUT2D eigenvalue weighted by Gasteiger charge is -2.39. The van der Waals surface area contributed by atoms with E-state index < -0.39 is 13.8 Å². The second-order valence-corrected chi connectivity index (χ2v) is 14.1. The first-order valence-corrected chi connectivity index (χ1v) is 19.0. The number of nitrogens with two attached hydrogens (primary N) is 1. The Balaban J connectivity index is 0.000000696. The lowest BCUT2D eigenvalue weighted by Crippen LogP contribution is -3.00. The van der Waals surface area contributed by atoms with Crippen molar-refractivity contribution >= 4 is 51.8 Å². The fraction of sp³-hybridized carbons (Fsp3) is 0.474. The van der Waals surface area contributed by atoms with Gasteiger partial charge in [-0.25, -0.2) is 0 Å². The number of nitrogens with zero attached hydrogens (tertiary/aromatic N) is 1. The molecular weight excluding hydrogens is 768 g/mol. The van der Waals surface area contributed by atoms with Gasteiger partial charge in [0.15, 0.2) is 0 Å². The van der Waals surface area contributed by atoms with Crippen molar-refractivity contribution in [1.82, 2.24) is 4.34 Å². The van der Waals surface area contributed by atoms with Gasteiger partial charge in [0.1, 0.15) is 0 Å². The Labute approximate surface area is 307 Å². The summed E-state index contributed by atoms with van der Waals surface area (Å²) in [5.41, 5.74) is 4.76. The van der Waals surface area contributed by atoms with E-state index in [-0.39, 0.29) is 42.7 Å². The number of carbonyl (C=O) groups is 2. The minimum Gasteiger partial charge on any atom is -1.00 e. The van der Waals surface area contributed by atoms with Crippen LogP contribution in [-0.4, -0.2) is 42.5 Å². The summed E-state index contributed by atoms with van der Waals surface area (Å²) in [5.74, 6) is -0.708. The molecule has 3 aromatic rings. The molecule has 0 aromatic heterocycles. The molecule has 0 heterocycles. The number of halogens is 2. The number of amides is 2. The van der Waals surface area contributed by atoms with Crippen molar-refractivity contribution < 1.29 is 38.0 Å². The van der Waals surface area contributed by atoms with E-state index in [0.29, 0.717) is 0 Å². The number of unbranched alkanes of at least 4 members (excludes halogenated alkanes) is 4. The highest BCUT2D eigenvalue weighted by Gasteiger charge is 2.24. The lowest BCUT2D eigenvalue weighted by atomic mass is 10.1. The number of quaternary nitrogens is 1. The maximum Gasteiger partial charge on any atom is 0.230 e. The van der Waals surface area contributed by atoms with Crippen LogP contribution in [0.3, 0.4) is 0 Å². The van der Waals surface area contributed by atoms with E-state index in [9.17, 15) is 9.59 Å². The van der Waals surface area contributed by atoms with Gasteiger partial charge >= 0.3 is 0 Å². The quantitative estimate of drug-likeness (QED) is 0.0809. The Kier molecular flexibility index (Phi) is 27.1. The average molecular weight is 827 g/mol. The molecule has 0 saturated heterocycles. The number of carbonyl (C=O) groups excluding carboxylic acids is 2. The third-order valence-corrected chi connectivity index (χ3v) is 10.6. The zero-order chi connectivity index (χ0) is 33.2. The van der Waals surface area contributed by atoms with E-state index >= 15 is 0 Å². The first-order chi connectivity index (χ1) is 21.9. The van der Waals surface area contributed by atoms with Gasteiger partial charge < -0.3 is 34.2 Å². The van der Waals surface area contributed by atoms with Crippen molar-refractivity contribution in [3.8, 4) is 0 Å². The SMILES string of the molecule is CCCC[N+](CCCC)(CCCC)CCCC.NC(=O)CCC(=O)NBr.[I-].c1ccc(P(c2ccccc2)c2ccccc2)cc1. The number of hydrogen-bond donors (Lipinski definition) is 2. The fourth-order valence-corrected chi connectivity index (χ4v) is 7.61. The van der Waals surface area contributed by atoms with E-state index in [4.69, 9.17) is 5.73 Å². The van der Waals surface area contributed by atoms with Crippen LogP contribution in [0.1, 0.15) is 91.9 Å². The highest BCUT2D eigenvalue weighted by Crippen LogP contribution is 2.32. The predicted octanol–water partition coefficient (Wildman–Crippen LogP) is 5.13. The van der Waals surface area contributed by atoms with Crippen LogP contribution in [-0.2, 0) is 9.59 Å². The molecule has 0 saturated carbocycles. The summed E-state index contributed by atoms with van der Waals surface area (Å²) in [7, 11) is -0.446. The summed E-state index contributed by atoms with van der Waals surface area (Å²) in [6, 6.07) is 32.3. The molecule has 0 atom stereocenters. The molecule has 3 rings (SSSR count). The van der Waals surface area contributed by atoms with Crippen molar-refractivity contribution in [2.75, 3.05) is 26.2 Å². The van der Waals surface area contributed by atoms with Crippen LogP contribution >= 0.6 is 24.1 Å². The molecule has 0 radical (unpaired) electrons. The lowest BCUT2D eigenvalue weighted by molar-refractivity contribution is -0.929. The second-order valence-electron chi connectivity index (χ2n) is 11.5. The van der Waals surface area contributed by atoms with Gasteiger partial charge in [0.2, 0.25) is 11.8 Å². The monoisotopic (exact) mass is 825 g/mol. The van der Waals surface area contributed by atoms with E-state index in [1.165, 1.54) is 97.9 Å². The second kappa shape index (κ2) is 28.2. The topological polar surface area (TPSA) is 72.2 Å². The van der Waals surface area contributed by atoms with Crippen LogP contribution in [0.4, 0.5) is 0 Å². The van der Waals surface area contributed by atoms with Gasteiger partial charge in [0, 0.05) is 29.0 Å². The van der Waals surface area contributed by atoms with Gasteiger partial charge in [0.05, 0.1) is 26.2 Å². The molecule has 0 unspecified atom stereocenters. The molecule has 8 heteroatoms. The van der Waals surface area contributed by atoms with Crippen molar-refractivity contribution in [1.29, 1.82) is 0 Å². The normalized spacial score (nSPS) is 10.5. The van der Waals surface area contributed by atoms with Gasteiger partial charge in [-0.1, -0.05) is 144 Å². The summed E-state index contributed by atoms with van der Waals surface area (Å²) in [6.07, 6.45) is 11.3. The molecule has 5 nitrogen and oxygen atoms in total. The first-order valence-electron chi connectivity index (χ1n) is 16.8. The Morgan fingerprint density at radius 2 is 0.913 bits per heavy atom. The third-order valence-electron chi connectivity index (χ3n) is 7.69. The Bertz CT molecular complexity index is 1020. The maximum absolute atomic E-state index is 10.4. The molecule has 46 heavy (non-hydrogen) atoms. The predicted molar refractivity (Wildman–Crippen MR) is 200 cm³/mol. The van der Waals surface area contributed by atoms with E-state index in [2.05, 4.69) is 139 Å². The highest BCUT2D eigenvalue weighted by molar-refractivity contribution is 9.08. The smallest absolute Gasteiger partial charge is 0.230 e. The summed E-state index contributed by atoms with van der Waals surface area (Å²) in [6.45, 7) is 15.0. The fourth-order valence-electron chi connectivity index (χ4n) is 5.11. The zero-order valence-corrected chi connectivity index (χ0v) is 33.2. The Hall–Kier alpha value is -1.80. The molecule has 0 aliphatic heterocycles. The number of hydrogen-bond acceptors (Lipinski definition) is 2. The van der Waals surface area contributed by atoms with E-state index in [1.54, 1.807) is 0 Å². The van der Waals surface area contributed by atoms with Gasteiger partial charge in [-0.2, -0.15) is 0 Å². The maximum atomic E-state index is 10.4. The molecular formula is C38H58BrIN3O2P. The van der Waals surface area contributed by atoms with Gasteiger partial charge in [-0.3, -0.25) is 13.9 Å². The molecule has 0 aliphatic carbocycles. The first kappa shape index (κ1) is 44.2. The van der Waals surface area contributed by atoms with Crippen LogP contribution in [0.2, 0.25) is 0 Å². The standard InChI is InChI=1S/C18H15P.C16H36N.C4H7BrN2O2.HI/c1-4-10-16(11-5-1)19(17-12-6-2-7-13-17)18-14-8-3-9-15-18;1-5-9-13-17(14-10-6-2,15-11-7-3)16-12-8-4;5-7-4(9)2-1-3(6)8;/h1-15H;5-16H2,1-4H3;1-2H2,(H2,6,8)(H,7,9);1H/q;+1;;/p-1. The third kappa shape index (κ3) is 19.1. The minimum absolute atomic E-state index is 0. The molecule has 0 spiro atoms. The largest absolute Gasteiger partial charge is 1.00 e. The van der Waals surface area contributed by atoms with Crippen LogP contribution in [0.5, 0.6) is 0 Å². The number of primary amides is 1. The van der Waals surface area contributed by atoms with Gasteiger partial charge in [-0.15, -0.1) is 0 Å². The highest BCUT2D eigenvalue weighted by atomic mass is 127. The molecule has 256 valence electrons. The van der Waals surface area contributed by atoms with Crippen molar-refractivity contribution in [2.45, 2.75) is 91.9 Å². The van der Waals surface area contributed by atoms with Crippen molar-refractivity contribution in [3.05, 3.63) is 91.0 Å². The Morgan fingerprint density at radius 1 is 0.609 bits per heavy atom. The van der Waals surface area contributed by atoms with Crippen LogP contribution < -0.4 is 50.0 Å². The number of nitrogens with one attached hydrogen (secondary N) is 1. The van der Waals surface area contributed by atoms with Crippen molar-refractivity contribution in [2.24, 2.45) is 5.73 Å². The van der Waals surface area contributed by atoms with Crippen LogP contribution in [0.25, 0.3) is 0 Å². The summed E-state index contributed by atoms with van der Waals surface area (Å²) >= 11 is 2.71. The molecule has 2 amide bonds.